The Morgan fingerprint density at radius 1 is 1.06 bits per heavy atom. The van der Waals surface area contributed by atoms with Crippen molar-refractivity contribution in [1.29, 1.82) is 0 Å². The number of carbonyl (C=O) groups excluding carboxylic acids is 1. The van der Waals surface area contributed by atoms with Crippen LogP contribution in [0.25, 0.3) is 21.3 Å². The predicted octanol–water partition coefficient (Wildman–Crippen LogP) is 5.59. The molecule has 5 rings (SSSR count). The van der Waals surface area contributed by atoms with Gasteiger partial charge in [-0.25, -0.2) is 9.97 Å². The molecule has 5 aromatic rings. The number of aromatic amines is 1. The van der Waals surface area contributed by atoms with E-state index in [1.807, 2.05) is 73.7 Å². The Morgan fingerprint density at radius 2 is 1.87 bits per heavy atom. The topological polar surface area (TPSA) is 71.1 Å². The van der Waals surface area contributed by atoms with Crippen molar-refractivity contribution >= 4 is 44.2 Å². The van der Waals surface area contributed by atoms with Crippen molar-refractivity contribution in [2.45, 2.75) is 13.0 Å². The summed E-state index contributed by atoms with van der Waals surface area (Å²) in [7, 11) is 1.77. The summed E-state index contributed by atoms with van der Waals surface area (Å²) in [6.45, 7) is 1.96. The van der Waals surface area contributed by atoms with Crippen molar-refractivity contribution in [3.8, 4) is 5.75 Å². The van der Waals surface area contributed by atoms with Crippen LogP contribution >= 0.6 is 11.3 Å². The molecule has 0 fully saturated rings. The molecule has 0 aliphatic rings. The van der Waals surface area contributed by atoms with E-state index in [9.17, 15) is 4.79 Å². The van der Waals surface area contributed by atoms with Gasteiger partial charge in [0.25, 0.3) is 5.91 Å². The molecule has 1 N–H and O–H groups in total. The number of thiazole rings is 1. The SMILES string of the molecule is CC(Oc1ccc(N(C)C(=O)c2ccc3ncsc3c2)cc1)c1nc2ccccc2[nH]1. The number of para-hydroxylation sites is 2. The second-order valence-electron chi connectivity index (χ2n) is 7.29. The average molecular weight is 429 g/mol. The molecule has 0 saturated heterocycles. The number of nitrogens with one attached hydrogen (secondary N) is 1. The van der Waals surface area contributed by atoms with E-state index in [0.717, 1.165) is 32.8 Å². The highest BCUT2D eigenvalue weighted by Gasteiger charge is 2.16. The van der Waals surface area contributed by atoms with E-state index >= 15 is 0 Å². The number of imidazole rings is 1. The van der Waals surface area contributed by atoms with Crippen LogP contribution in [0, 0.1) is 0 Å². The van der Waals surface area contributed by atoms with Gasteiger partial charge in [0, 0.05) is 18.3 Å². The lowest BCUT2D eigenvalue weighted by molar-refractivity contribution is 0.0993. The molecule has 0 saturated carbocycles. The molecule has 1 atom stereocenters. The van der Waals surface area contributed by atoms with Crippen molar-refractivity contribution < 1.29 is 9.53 Å². The summed E-state index contributed by atoms with van der Waals surface area (Å²) in [6, 6.07) is 21.0. The first-order valence-electron chi connectivity index (χ1n) is 9.91. The van der Waals surface area contributed by atoms with Crippen LogP contribution < -0.4 is 9.64 Å². The number of fused-ring (bicyclic) bond motifs is 2. The van der Waals surface area contributed by atoms with Crippen molar-refractivity contribution in [3.05, 3.63) is 83.6 Å². The van der Waals surface area contributed by atoms with Crippen LogP contribution in [-0.4, -0.2) is 27.9 Å². The highest BCUT2D eigenvalue weighted by Crippen LogP contribution is 2.26. The quantitative estimate of drug-likeness (QED) is 0.396. The number of aromatic nitrogens is 3. The van der Waals surface area contributed by atoms with E-state index in [-0.39, 0.29) is 12.0 Å². The summed E-state index contributed by atoms with van der Waals surface area (Å²) < 4.78 is 7.05. The van der Waals surface area contributed by atoms with Crippen molar-refractivity contribution in [3.63, 3.8) is 0 Å². The number of nitrogens with zero attached hydrogens (tertiary/aromatic N) is 3. The molecular weight excluding hydrogens is 408 g/mol. The Morgan fingerprint density at radius 3 is 2.68 bits per heavy atom. The molecule has 0 aliphatic heterocycles. The summed E-state index contributed by atoms with van der Waals surface area (Å²) >= 11 is 1.53. The van der Waals surface area contributed by atoms with Crippen molar-refractivity contribution in [1.82, 2.24) is 15.0 Å². The Hall–Kier alpha value is -3.71. The van der Waals surface area contributed by atoms with Gasteiger partial charge in [0.2, 0.25) is 0 Å². The number of benzene rings is 3. The fourth-order valence-corrected chi connectivity index (χ4v) is 4.19. The maximum Gasteiger partial charge on any atom is 0.258 e. The van der Waals surface area contributed by atoms with Crippen LogP contribution in [0.3, 0.4) is 0 Å². The number of ether oxygens (including phenoxy) is 1. The molecule has 2 aromatic heterocycles. The lowest BCUT2D eigenvalue weighted by atomic mass is 10.1. The van der Waals surface area contributed by atoms with E-state index in [4.69, 9.17) is 4.74 Å². The maximum atomic E-state index is 12.9. The molecule has 1 unspecified atom stereocenters. The van der Waals surface area contributed by atoms with Gasteiger partial charge in [-0.15, -0.1) is 11.3 Å². The van der Waals surface area contributed by atoms with Crippen molar-refractivity contribution in [2.75, 3.05) is 11.9 Å². The second-order valence-corrected chi connectivity index (χ2v) is 8.18. The minimum Gasteiger partial charge on any atom is -0.483 e. The third kappa shape index (κ3) is 3.75. The van der Waals surface area contributed by atoms with Crippen LogP contribution in [0.4, 0.5) is 5.69 Å². The molecule has 0 aliphatic carbocycles. The molecule has 1 amide bonds. The first kappa shape index (κ1) is 19.3. The van der Waals surface area contributed by atoms with Gasteiger partial charge in [-0.1, -0.05) is 12.1 Å². The van der Waals surface area contributed by atoms with Crippen LogP contribution in [0.15, 0.2) is 72.2 Å². The number of anilines is 1. The zero-order chi connectivity index (χ0) is 21.4. The van der Waals surface area contributed by atoms with Crippen LogP contribution in [0.5, 0.6) is 5.75 Å². The third-order valence-electron chi connectivity index (χ3n) is 5.21. The summed E-state index contributed by atoms with van der Waals surface area (Å²) in [5.41, 5.74) is 6.02. The van der Waals surface area contributed by atoms with Crippen LogP contribution in [0.2, 0.25) is 0 Å². The van der Waals surface area contributed by atoms with Gasteiger partial charge >= 0.3 is 0 Å². The number of hydrogen-bond acceptors (Lipinski definition) is 5. The molecule has 6 nitrogen and oxygen atoms in total. The molecule has 31 heavy (non-hydrogen) atoms. The largest absolute Gasteiger partial charge is 0.483 e. The first-order valence-corrected chi connectivity index (χ1v) is 10.8. The molecule has 0 spiro atoms. The summed E-state index contributed by atoms with van der Waals surface area (Å²) in [6.07, 6.45) is -0.233. The maximum absolute atomic E-state index is 12.9. The lowest BCUT2D eigenvalue weighted by Gasteiger charge is -2.18. The van der Waals surface area contributed by atoms with Gasteiger partial charge in [0.1, 0.15) is 11.6 Å². The number of H-pyrrole nitrogens is 1. The molecule has 154 valence electrons. The Bertz CT molecular complexity index is 1340. The Labute approximate surface area is 183 Å². The Kier molecular flexibility index (Phi) is 4.88. The molecule has 7 heteroatoms. The zero-order valence-corrected chi connectivity index (χ0v) is 17.9. The third-order valence-corrected chi connectivity index (χ3v) is 6.00. The monoisotopic (exact) mass is 428 g/mol. The van der Waals surface area contributed by atoms with Gasteiger partial charge in [0.05, 0.1) is 26.8 Å². The summed E-state index contributed by atoms with van der Waals surface area (Å²) in [4.78, 5) is 26.7. The first-order chi connectivity index (χ1) is 15.1. The summed E-state index contributed by atoms with van der Waals surface area (Å²) in [5, 5.41) is 0. The number of hydrogen-bond donors (Lipinski definition) is 1. The van der Waals surface area contributed by atoms with Crippen LogP contribution in [0.1, 0.15) is 29.2 Å². The molecule has 2 heterocycles. The lowest BCUT2D eigenvalue weighted by Crippen LogP contribution is -2.26. The predicted molar refractivity (Wildman–Crippen MR) is 124 cm³/mol. The highest BCUT2D eigenvalue weighted by molar-refractivity contribution is 7.16. The normalized spacial score (nSPS) is 12.2. The zero-order valence-electron chi connectivity index (χ0n) is 17.1. The van der Waals surface area contributed by atoms with Gasteiger partial charge in [-0.3, -0.25) is 4.79 Å². The van der Waals surface area contributed by atoms with E-state index in [0.29, 0.717) is 11.3 Å². The fourth-order valence-electron chi connectivity index (χ4n) is 3.47. The average Bonchev–Trinajstić information content (AvgIpc) is 3.45. The Balaban J connectivity index is 1.30. The van der Waals surface area contributed by atoms with Crippen LogP contribution in [-0.2, 0) is 0 Å². The smallest absolute Gasteiger partial charge is 0.258 e. The number of amides is 1. The molecule has 0 radical (unpaired) electrons. The highest BCUT2D eigenvalue weighted by atomic mass is 32.1. The van der Waals surface area contributed by atoms with Gasteiger partial charge in [-0.05, 0) is 61.5 Å². The molecule has 0 bridgehead atoms. The van der Waals surface area contributed by atoms with Gasteiger partial charge in [0.15, 0.2) is 6.10 Å². The van der Waals surface area contributed by atoms with E-state index in [1.165, 1.54) is 11.3 Å². The van der Waals surface area contributed by atoms with E-state index in [1.54, 1.807) is 17.5 Å². The van der Waals surface area contributed by atoms with E-state index in [2.05, 4.69) is 15.0 Å². The molecule has 3 aromatic carbocycles. The minimum atomic E-state index is -0.233. The fraction of sp³-hybridized carbons (Fsp3) is 0.125. The van der Waals surface area contributed by atoms with Gasteiger partial charge < -0.3 is 14.6 Å². The van der Waals surface area contributed by atoms with Gasteiger partial charge in [-0.2, -0.15) is 0 Å². The number of carbonyl (C=O) groups is 1. The molecular formula is C24H20N4O2S. The second kappa shape index (κ2) is 7.85. The number of rotatable bonds is 5. The summed E-state index contributed by atoms with van der Waals surface area (Å²) in [5.74, 6) is 1.42. The standard InChI is InChI=1S/C24H20N4O2S/c1-15(23-26-19-5-3-4-6-20(19)27-23)30-18-10-8-17(9-11-18)28(2)24(29)16-7-12-21-22(13-16)31-14-25-21/h3-15H,1-2H3,(H,26,27). The van der Waals surface area contributed by atoms with Crippen molar-refractivity contribution in [2.24, 2.45) is 0 Å². The minimum absolute atomic E-state index is 0.0698. The van der Waals surface area contributed by atoms with E-state index < -0.39 is 0 Å².